The van der Waals surface area contributed by atoms with Gasteiger partial charge in [0.25, 0.3) is 0 Å². The Morgan fingerprint density at radius 2 is 1.80 bits per heavy atom. The van der Waals surface area contributed by atoms with Crippen LogP contribution in [0.4, 0.5) is 5.69 Å². The summed E-state index contributed by atoms with van der Waals surface area (Å²) in [6, 6.07) is 14.7. The van der Waals surface area contributed by atoms with Crippen molar-refractivity contribution in [1.29, 1.82) is 0 Å². The molecule has 2 aromatic carbocycles. The maximum absolute atomic E-state index is 12.2. The molecule has 20 heavy (non-hydrogen) atoms. The number of nitrogens with one attached hydrogen (secondary N) is 1. The number of aryl methyl sites for hydroxylation is 1. The fraction of sp³-hybridized carbons (Fsp3) is 0.200. The summed E-state index contributed by atoms with van der Waals surface area (Å²) in [5, 5.41) is 0. The summed E-state index contributed by atoms with van der Waals surface area (Å²) in [4.78, 5) is 0. The van der Waals surface area contributed by atoms with Crippen LogP contribution >= 0.6 is 15.9 Å². The lowest BCUT2D eigenvalue weighted by Gasteiger charge is -2.12. The van der Waals surface area contributed by atoms with Crippen LogP contribution in [0.25, 0.3) is 0 Å². The lowest BCUT2D eigenvalue weighted by atomic mass is 10.1. The van der Waals surface area contributed by atoms with E-state index in [1.54, 1.807) is 6.07 Å². The van der Waals surface area contributed by atoms with Gasteiger partial charge in [-0.1, -0.05) is 53.2 Å². The molecular weight excluding hydrogens is 338 g/mol. The van der Waals surface area contributed by atoms with Gasteiger partial charge in [0.05, 0.1) is 11.4 Å². The smallest absolute Gasteiger partial charge is 0.236 e. The zero-order chi connectivity index (χ0) is 14.6. The second-order valence-electron chi connectivity index (χ2n) is 4.50. The van der Waals surface area contributed by atoms with Gasteiger partial charge in [0.15, 0.2) is 0 Å². The molecule has 0 aliphatic carbocycles. The normalized spacial score (nSPS) is 11.3. The van der Waals surface area contributed by atoms with Gasteiger partial charge in [-0.15, -0.1) is 0 Å². The van der Waals surface area contributed by atoms with Crippen LogP contribution in [-0.2, 0) is 22.2 Å². The third-order valence-electron chi connectivity index (χ3n) is 2.91. The molecule has 0 amide bonds. The van der Waals surface area contributed by atoms with Gasteiger partial charge in [0.2, 0.25) is 10.0 Å². The largest absolute Gasteiger partial charge is 0.283 e. The number of hydrogen-bond donors (Lipinski definition) is 1. The summed E-state index contributed by atoms with van der Waals surface area (Å²) < 4.78 is 28.0. The second kappa shape index (κ2) is 6.41. The Balaban J connectivity index is 2.20. The molecule has 0 aliphatic rings. The van der Waals surface area contributed by atoms with Crippen LogP contribution < -0.4 is 4.72 Å². The van der Waals surface area contributed by atoms with Crippen molar-refractivity contribution >= 4 is 31.6 Å². The van der Waals surface area contributed by atoms with E-state index in [2.05, 4.69) is 20.7 Å². The monoisotopic (exact) mass is 353 g/mol. The molecular formula is C15H16BrNO2S. The maximum Gasteiger partial charge on any atom is 0.236 e. The molecule has 0 bridgehead atoms. The third-order valence-corrected chi connectivity index (χ3v) is 4.65. The summed E-state index contributed by atoms with van der Waals surface area (Å²) in [6.07, 6.45) is 0.766. The van der Waals surface area contributed by atoms with Crippen molar-refractivity contribution < 1.29 is 8.42 Å². The molecule has 3 nitrogen and oxygen atoms in total. The van der Waals surface area contributed by atoms with Crippen LogP contribution in [0.3, 0.4) is 0 Å². The molecule has 5 heteroatoms. The minimum Gasteiger partial charge on any atom is -0.283 e. The lowest BCUT2D eigenvalue weighted by Crippen LogP contribution is -2.16. The molecule has 2 rings (SSSR count). The first-order chi connectivity index (χ1) is 9.50. The fourth-order valence-electron chi connectivity index (χ4n) is 1.95. The van der Waals surface area contributed by atoms with Crippen LogP contribution in [0.5, 0.6) is 0 Å². The van der Waals surface area contributed by atoms with Crippen LogP contribution in [0.2, 0.25) is 0 Å². The molecule has 0 atom stereocenters. The molecule has 0 unspecified atom stereocenters. The van der Waals surface area contributed by atoms with Crippen molar-refractivity contribution in [2.75, 3.05) is 4.72 Å². The maximum atomic E-state index is 12.2. The number of sulfonamides is 1. The molecule has 0 fully saturated rings. The number of halogens is 1. The highest BCUT2D eigenvalue weighted by atomic mass is 79.9. The molecule has 0 saturated carbocycles. The quantitative estimate of drug-likeness (QED) is 0.884. The van der Waals surface area contributed by atoms with E-state index >= 15 is 0 Å². The Bertz CT molecular complexity index is 684. The molecule has 0 saturated heterocycles. The average molecular weight is 354 g/mol. The zero-order valence-electron chi connectivity index (χ0n) is 11.1. The lowest BCUT2D eigenvalue weighted by molar-refractivity contribution is 0.600. The van der Waals surface area contributed by atoms with Crippen molar-refractivity contribution in [3.05, 3.63) is 64.1 Å². The predicted molar refractivity (Wildman–Crippen MR) is 86.2 cm³/mol. The van der Waals surface area contributed by atoms with Crippen LogP contribution in [-0.4, -0.2) is 8.42 Å². The number of rotatable bonds is 5. The van der Waals surface area contributed by atoms with Gasteiger partial charge in [-0.3, -0.25) is 4.72 Å². The van der Waals surface area contributed by atoms with Crippen molar-refractivity contribution in [3.8, 4) is 0 Å². The van der Waals surface area contributed by atoms with Gasteiger partial charge in [0, 0.05) is 4.47 Å². The highest BCUT2D eigenvalue weighted by Gasteiger charge is 2.13. The Hall–Kier alpha value is -1.33. The molecule has 0 aliphatic heterocycles. The van der Waals surface area contributed by atoms with Crippen molar-refractivity contribution in [3.63, 3.8) is 0 Å². The summed E-state index contributed by atoms with van der Waals surface area (Å²) in [5.41, 5.74) is 2.39. The van der Waals surface area contributed by atoms with Crippen molar-refractivity contribution in [1.82, 2.24) is 0 Å². The first-order valence-electron chi connectivity index (χ1n) is 6.33. The SMILES string of the molecule is CCc1cc(Br)ccc1NS(=O)(=O)Cc1ccccc1. The summed E-state index contributed by atoms with van der Waals surface area (Å²) >= 11 is 3.39. The van der Waals surface area contributed by atoms with Crippen LogP contribution in [0, 0.1) is 0 Å². The van der Waals surface area contributed by atoms with Crippen LogP contribution in [0.15, 0.2) is 53.0 Å². The standard InChI is InChI=1S/C15H16BrNO2S/c1-2-13-10-14(16)8-9-15(13)17-20(18,19)11-12-6-4-3-5-7-12/h3-10,17H,2,11H2,1H3. The van der Waals surface area contributed by atoms with E-state index in [0.717, 1.165) is 22.0 Å². The fourth-order valence-corrected chi connectivity index (χ4v) is 3.60. The Morgan fingerprint density at radius 1 is 1.10 bits per heavy atom. The van der Waals surface area contributed by atoms with E-state index in [1.807, 2.05) is 49.4 Å². The van der Waals surface area contributed by atoms with Gasteiger partial charge in [0.1, 0.15) is 0 Å². The van der Waals surface area contributed by atoms with Crippen molar-refractivity contribution in [2.24, 2.45) is 0 Å². The predicted octanol–water partition coefficient (Wildman–Crippen LogP) is 3.95. The van der Waals surface area contributed by atoms with E-state index in [9.17, 15) is 8.42 Å². The second-order valence-corrected chi connectivity index (χ2v) is 7.14. The summed E-state index contributed by atoms with van der Waals surface area (Å²) in [7, 11) is -3.40. The van der Waals surface area contributed by atoms with Gasteiger partial charge >= 0.3 is 0 Å². The topological polar surface area (TPSA) is 46.2 Å². The Labute approximate surface area is 128 Å². The highest BCUT2D eigenvalue weighted by Crippen LogP contribution is 2.23. The van der Waals surface area contributed by atoms with Gasteiger partial charge in [-0.25, -0.2) is 8.42 Å². The molecule has 0 radical (unpaired) electrons. The average Bonchev–Trinajstić information content (AvgIpc) is 2.41. The Kier molecular flexibility index (Phi) is 4.83. The van der Waals surface area contributed by atoms with E-state index in [1.165, 1.54) is 0 Å². The zero-order valence-corrected chi connectivity index (χ0v) is 13.5. The van der Waals surface area contributed by atoms with E-state index in [0.29, 0.717) is 5.69 Å². The first kappa shape index (κ1) is 15.1. The third kappa shape index (κ3) is 4.08. The molecule has 2 aromatic rings. The van der Waals surface area contributed by atoms with E-state index < -0.39 is 10.0 Å². The molecule has 0 heterocycles. The van der Waals surface area contributed by atoms with Crippen LogP contribution in [0.1, 0.15) is 18.1 Å². The molecule has 1 N–H and O–H groups in total. The van der Waals surface area contributed by atoms with Crippen molar-refractivity contribution in [2.45, 2.75) is 19.1 Å². The minimum atomic E-state index is -3.40. The van der Waals surface area contributed by atoms with E-state index in [-0.39, 0.29) is 5.75 Å². The number of anilines is 1. The molecule has 0 aromatic heterocycles. The first-order valence-corrected chi connectivity index (χ1v) is 8.77. The highest BCUT2D eigenvalue weighted by molar-refractivity contribution is 9.10. The number of hydrogen-bond acceptors (Lipinski definition) is 2. The molecule has 0 spiro atoms. The van der Waals surface area contributed by atoms with Gasteiger partial charge in [-0.05, 0) is 35.7 Å². The Morgan fingerprint density at radius 3 is 2.45 bits per heavy atom. The van der Waals surface area contributed by atoms with E-state index in [4.69, 9.17) is 0 Å². The summed E-state index contributed by atoms with van der Waals surface area (Å²) in [6.45, 7) is 2.00. The molecule has 106 valence electrons. The minimum absolute atomic E-state index is 0.0208. The number of benzene rings is 2. The van der Waals surface area contributed by atoms with Gasteiger partial charge in [-0.2, -0.15) is 0 Å². The van der Waals surface area contributed by atoms with Gasteiger partial charge < -0.3 is 0 Å². The summed E-state index contributed by atoms with van der Waals surface area (Å²) in [5.74, 6) is -0.0208.